The molecule has 6 nitrogen and oxygen atoms in total. The smallest absolute Gasteiger partial charge is 0.336 e. The highest BCUT2D eigenvalue weighted by molar-refractivity contribution is 6.03. The monoisotopic (exact) mass is 246 g/mol. The zero-order chi connectivity index (χ0) is 13.0. The van der Waals surface area contributed by atoms with E-state index in [1.165, 1.54) is 12.7 Å². The first-order valence-corrected chi connectivity index (χ1v) is 5.59. The van der Waals surface area contributed by atoms with Crippen molar-refractivity contribution in [1.82, 2.24) is 15.2 Å². The summed E-state index contributed by atoms with van der Waals surface area (Å²) >= 11 is 0. The molecule has 0 unspecified atom stereocenters. The van der Waals surface area contributed by atoms with Crippen LogP contribution in [0.25, 0.3) is 0 Å². The van der Waals surface area contributed by atoms with Gasteiger partial charge in [0.1, 0.15) is 0 Å². The van der Waals surface area contributed by atoms with Gasteiger partial charge in [0.25, 0.3) is 5.91 Å². The van der Waals surface area contributed by atoms with E-state index in [-0.39, 0.29) is 17.9 Å². The topological polar surface area (TPSA) is 79.9 Å². The number of methoxy groups -OCH3 is 1. The standard InChI is InChI=1S/C12H14N4O2/c1-3-8-4-6-9(7-5-8)10(17)13-11-14-12(18-2)16-15-11/h4-7H,3H2,1-2H3,(H2,13,14,15,16,17). The van der Waals surface area contributed by atoms with Crippen LogP contribution in [-0.4, -0.2) is 28.2 Å². The molecule has 1 amide bonds. The fourth-order valence-corrected chi connectivity index (χ4v) is 1.47. The Hall–Kier alpha value is -2.37. The minimum absolute atomic E-state index is 0.187. The maximum absolute atomic E-state index is 11.9. The van der Waals surface area contributed by atoms with Crippen LogP contribution in [-0.2, 0) is 6.42 Å². The Morgan fingerprint density at radius 2 is 2.11 bits per heavy atom. The predicted octanol–water partition coefficient (Wildman–Crippen LogP) is 1.63. The summed E-state index contributed by atoms with van der Waals surface area (Å²) in [7, 11) is 1.46. The van der Waals surface area contributed by atoms with Gasteiger partial charge in [-0.15, -0.1) is 5.10 Å². The lowest BCUT2D eigenvalue weighted by atomic mass is 10.1. The Morgan fingerprint density at radius 1 is 1.39 bits per heavy atom. The van der Waals surface area contributed by atoms with Crippen molar-refractivity contribution in [3.8, 4) is 6.01 Å². The summed E-state index contributed by atoms with van der Waals surface area (Å²) in [4.78, 5) is 15.8. The number of aromatic nitrogens is 3. The van der Waals surface area contributed by atoms with E-state index in [0.717, 1.165) is 6.42 Å². The number of carbonyl (C=O) groups is 1. The molecule has 2 aromatic rings. The van der Waals surface area contributed by atoms with Crippen LogP contribution in [0.3, 0.4) is 0 Å². The highest BCUT2D eigenvalue weighted by Gasteiger charge is 2.09. The van der Waals surface area contributed by atoms with Gasteiger partial charge in [0.05, 0.1) is 7.11 Å². The molecule has 0 saturated carbocycles. The lowest BCUT2D eigenvalue weighted by molar-refractivity contribution is 0.102. The average molecular weight is 246 g/mol. The van der Waals surface area contributed by atoms with Crippen molar-refractivity contribution in [3.63, 3.8) is 0 Å². The number of aromatic amines is 1. The molecule has 94 valence electrons. The Labute approximate surface area is 104 Å². The normalized spacial score (nSPS) is 10.1. The minimum Gasteiger partial charge on any atom is -0.466 e. The van der Waals surface area contributed by atoms with Gasteiger partial charge in [0.2, 0.25) is 5.95 Å². The van der Waals surface area contributed by atoms with Gasteiger partial charge in [-0.3, -0.25) is 10.1 Å². The number of benzene rings is 1. The second-order valence-corrected chi connectivity index (χ2v) is 3.68. The molecule has 1 aromatic carbocycles. The van der Waals surface area contributed by atoms with Gasteiger partial charge < -0.3 is 4.74 Å². The first-order chi connectivity index (χ1) is 8.72. The van der Waals surface area contributed by atoms with E-state index in [4.69, 9.17) is 4.74 Å². The van der Waals surface area contributed by atoms with Gasteiger partial charge in [-0.25, -0.2) is 5.10 Å². The summed E-state index contributed by atoms with van der Waals surface area (Å²) < 4.78 is 4.81. The molecule has 1 heterocycles. The van der Waals surface area contributed by atoms with Gasteiger partial charge in [-0.05, 0) is 24.1 Å². The van der Waals surface area contributed by atoms with Crippen LogP contribution in [0.15, 0.2) is 24.3 Å². The number of hydrogen-bond acceptors (Lipinski definition) is 4. The Kier molecular flexibility index (Phi) is 3.57. The molecule has 0 atom stereocenters. The maximum atomic E-state index is 11.9. The number of carbonyl (C=O) groups excluding carboxylic acids is 1. The van der Waals surface area contributed by atoms with Gasteiger partial charge in [-0.2, -0.15) is 4.98 Å². The second-order valence-electron chi connectivity index (χ2n) is 3.68. The summed E-state index contributed by atoms with van der Waals surface area (Å²) in [5, 5.41) is 8.90. The molecule has 0 saturated heterocycles. The van der Waals surface area contributed by atoms with Crippen molar-refractivity contribution in [2.45, 2.75) is 13.3 Å². The van der Waals surface area contributed by atoms with Crippen LogP contribution < -0.4 is 10.1 Å². The molecule has 18 heavy (non-hydrogen) atoms. The van der Waals surface area contributed by atoms with Crippen molar-refractivity contribution in [2.75, 3.05) is 12.4 Å². The molecule has 0 radical (unpaired) electrons. The first kappa shape index (κ1) is 12.1. The van der Waals surface area contributed by atoms with Gasteiger partial charge in [-0.1, -0.05) is 19.1 Å². The first-order valence-electron chi connectivity index (χ1n) is 5.59. The van der Waals surface area contributed by atoms with Crippen LogP contribution in [0.5, 0.6) is 6.01 Å². The molecule has 0 aliphatic rings. The molecule has 0 bridgehead atoms. The number of rotatable bonds is 4. The van der Waals surface area contributed by atoms with Crippen molar-refractivity contribution in [1.29, 1.82) is 0 Å². The fraction of sp³-hybridized carbons (Fsp3) is 0.250. The van der Waals surface area contributed by atoms with E-state index in [0.29, 0.717) is 5.56 Å². The molecule has 0 aliphatic carbocycles. The average Bonchev–Trinajstić information content (AvgIpc) is 2.86. The lowest BCUT2D eigenvalue weighted by Crippen LogP contribution is -2.12. The van der Waals surface area contributed by atoms with Gasteiger partial charge in [0.15, 0.2) is 0 Å². The zero-order valence-electron chi connectivity index (χ0n) is 10.2. The zero-order valence-corrected chi connectivity index (χ0v) is 10.2. The molecular formula is C12H14N4O2. The van der Waals surface area contributed by atoms with E-state index in [2.05, 4.69) is 27.4 Å². The predicted molar refractivity (Wildman–Crippen MR) is 66.7 cm³/mol. The second kappa shape index (κ2) is 5.31. The summed E-state index contributed by atoms with van der Waals surface area (Å²) in [6.45, 7) is 2.07. The van der Waals surface area contributed by atoms with Crippen LogP contribution >= 0.6 is 0 Å². The van der Waals surface area contributed by atoms with Crippen LogP contribution in [0.1, 0.15) is 22.8 Å². The molecular weight excluding hydrogens is 232 g/mol. The van der Waals surface area contributed by atoms with E-state index < -0.39 is 0 Å². The van der Waals surface area contributed by atoms with Crippen LogP contribution in [0.2, 0.25) is 0 Å². The number of aryl methyl sites for hydroxylation is 1. The number of ether oxygens (including phenoxy) is 1. The van der Waals surface area contributed by atoms with E-state index in [1.54, 1.807) is 12.1 Å². The third-order valence-electron chi connectivity index (χ3n) is 2.50. The van der Waals surface area contributed by atoms with Crippen molar-refractivity contribution in [2.24, 2.45) is 0 Å². The number of anilines is 1. The van der Waals surface area contributed by atoms with Crippen LogP contribution in [0, 0.1) is 0 Å². The van der Waals surface area contributed by atoms with Crippen molar-refractivity contribution < 1.29 is 9.53 Å². The third kappa shape index (κ3) is 2.65. The molecule has 2 N–H and O–H groups in total. The molecule has 0 fully saturated rings. The van der Waals surface area contributed by atoms with Crippen molar-refractivity contribution in [3.05, 3.63) is 35.4 Å². The van der Waals surface area contributed by atoms with Gasteiger partial charge >= 0.3 is 6.01 Å². The number of hydrogen-bond donors (Lipinski definition) is 2. The number of nitrogens with zero attached hydrogens (tertiary/aromatic N) is 2. The highest BCUT2D eigenvalue weighted by Crippen LogP contribution is 2.09. The SMILES string of the molecule is CCc1ccc(C(=O)Nc2nc(OC)n[nH]2)cc1. The Morgan fingerprint density at radius 3 is 2.67 bits per heavy atom. The lowest BCUT2D eigenvalue weighted by Gasteiger charge is -2.02. The quantitative estimate of drug-likeness (QED) is 0.859. The maximum Gasteiger partial charge on any atom is 0.336 e. The largest absolute Gasteiger partial charge is 0.466 e. The van der Waals surface area contributed by atoms with E-state index in [9.17, 15) is 4.79 Å². The number of amides is 1. The van der Waals surface area contributed by atoms with Crippen molar-refractivity contribution >= 4 is 11.9 Å². The molecule has 1 aromatic heterocycles. The highest BCUT2D eigenvalue weighted by atomic mass is 16.5. The molecule has 6 heteroatoms. The minimum atomic E-state index is -0.239. The van der Waals surface area contributed by atoms with Crippen LogP contribution in [0.4, 0.5) is 5.95 Å². The Bertz CT molecular complexity index is 533. The molecule has 2 rings (SSSR count). The third-order valence-corrected chi connectivity index (χ3v) is 2.50. The summed E-state index contributed by atoms with van der Waals surface area (Å²) in [5.74, 6) is 0.0212. The molecule has 0 spiro atoms. The fourth-order valence-electron chi connectivity index (χ4n) is 1.47. The number of nitrogens with one attached hydrogen (secondary N) is 2. The number of H-pyrrole nitrogens is 1. The van der Waals surface area contributed by atoms with E-state index >= 15 is 0 Å². The van der Waals surface area contributed by atoms with E-state index in [1.807, 2.05) is 12.1 Å². The summed E-state index contributed by atoms with van der Waals surface area (Å²) in [6.07, 6.45) is 0.946. The Balaban J connectivity index is 2.06. The van der Waals surface area contributed by atoms with Gasteiger partial charge in [0, 0.05) is 5.56 Å². The molecule has 0 aliphatic heterocycles. The summed E-state index contributed by atoms with van der Waals surface area (Å²) in [6, 6.07) is 7.60. The summed E-state index contributed by atoms with van der Waals surface area (Å²) in [5.41, 5.74) is 1.76.